The maximum Gasteiger partial charge on any atom is 0.328 e. The van der Waals surface area contributed by atoms with Crippen LogP contribution in [0.25, 0.3) is 0 Å². The summed E-state index contributed by atoms with van der Waals surface area (Å²) in [5.74, 6) is -0.0958. The molecule has 0 unspecified atom stereocenters. The van der Waals surface area contributed by atoms with Gasteiger partial charge in [-0.3, -0.25) is 0 Å². The Kier molecular flexibility index (Phi) is 6.27. The van der Waals surface area contributed by atoms with Crippen molar-refractivity contribution in [2.24, 2.45) is 5.92 Å². The summed E-state index contributed by atoms with van der Waals surface area (Å²) >= 11 is 0. The van der Waals surface area contributed by atoms with E-state index >= 15 is 0 Å². The summed E-state index contributed by atoms with van der Waals surface area (Å²) < 4.78 is 0. The highest BCUT2D eigenvalue weighted by atomic mass is 16.4. The summed E-state index contributed by atoms with van der Waals surface area (Å²) in [4.78, 5) is 10.5. The first-order chi connectivity index (χ1) is 8.09. The summed E-state index contributed by atoms with van der Waals surface area (Å²) in [6.07, 6.45) is 9.36. The first-order valence-electron chi connectivity index (χ1n) is 6.73. The number of hydrogen-bond donors (Lipinski definition) is 2. The van der Waals surface area contributed by atoms with Crippen LogP contribution in [0.3, 0.4) is 0 Å². The second-order valence-electron chi connectivity index (χ2n) is 5.25. The Morgan fingerprint density at radius 1 is 1.35 bits per heavy atom. The molecular formula is C14H25NO2. The average molecular weight is 239 g/mol. The Balaban J connectivity index is 2.32. The highest BCUT2D eigenvalue weighted by Crippen LogP contribution is 2.25. The number of hydrogen-bond acceptors (Lipinski definition) is 2. The van der Waals surface area contributed by atoms with E-state index in [2.05, 4.69) is 12.2 Å². The molecule has 1 atom stereocenters. The molecule has 1 aliphatic rings. The summed E-state index contributed by atoms with van der Waals surface area (Å²) in [5, 5.41) is 12.1. The van der Waals surface area contributed by atoms with Crippen molar-refractivity contribution in [3.8, 4) is 0 Å². The van der Waals surface area contributed by atoms with E-state index in [1.165, 1.54) is 44.6 Å². The molecule has 0 radical (unpaired) electrons. The molecule has 0 aromatic rings. The first-order valence-corrected chi connectivity index (χ1v) is 6.73. The van der Waals surface area contributed by atoms with Gasteiger partial charge in [0.15, 0.2) is 0 Å². The van der Waals surface area contributed by atoms with Crippen molar-refractivity contribution in [3.05, 3.63) is 11.6 Å². The van der Waals surface area contributed by atoms with Crippen LogP contribution >= 0.6 is 0 Å². The van der Waals surface area contributed by atoms with E-state index in [9.17, 15) is 4.79 Å². The van der Waals surface area contributed by atoms with Crippen molar-refractivity contribution >= 4 is 5.97 Å². The number of rotatable bonds is 5. The van der Waals surface area contributed by atoms with E-state index in [4.69, 9.17) is 5.11 Å². The molecule has 2 N–H and O–H groups in total. The maximum atomic E-state index is 10.5. The molecule has 1 aliphatic carbocycles. The van der Waals surface area contributed by atoms with E-state index < -0.39 is 5.97 Å². The van der Waals surface area contributed by atoms with Gasteiger partial charge in [-0.05, 0) is 32.6 Å². The Bertz CT molecular complexity index is 265. The van der Waals surface area contributed by atoms with Crippen LogP contribution in [0, 0.1) is 5.92 Å². The van der Waals surface area contributed by atoms with E-state index in [1.807, 2.05) is 6.92 Å². The zero-order valence-corrected chi connectivity index (χ0v) is 11.0. The second-order valence-corrected chi connectivity index (χ2v) is 5.25. The highest BCUT2D eigenvalue weighted by molar-refractivity contribution is 5.80. The van der Waals surface area contributed by atoms with Crippen LogP contribution in [0.4, 0.5) is 0 Å². The van der Waals surface area contributed by atoms with Crippen LogP contribution in [0.2, 0.25) is 0 Å². The minimum absolute atomic E-state index is 0.491. The van der Waals surface area contributed by atoms with Gasteiger partial charge >= 0.3 is 5.97 Å². The Morgan fingerprint density at radius 3 is 2.47 bits per heavy atom. The topological polar surface area (TPSA) is 49.3 Å². The molecule has 3 heteroatoms. The predicted molar refractivity (Wildman–Crippen MR) is 70.0 cm³/mol. The lowest BCUT2D eigenvalue weighted by atomic mass is 9.93. The molecule has 1 saturated carbocycles. The Labute approximate surface area is 104 Å². The standard InChI is InChI=1S/C14H25NO2/c1-11(9-14(16)17)10-15-12(2)13-7-5-3-4-6-8-13/h9,12-13,15H,3-8,10H2,1-2H3,(H,16,17)/t12-/m1/s1. The number of carboxylic acid groups (broad SMARTS) is 1. The van der Waals surface area contributed by atoms with Gasteiger partial charge in [0.05, 0.1) is 0 Å². The molecule has 1 fully saturated rings. The molecule has 0 saturated heterocycles. The molecule has 0 heterocycles. The zero-order chi connectivity index (χ0) is 12.7. The fourth-order valence-electron chi connectivity index (χ4n) is 2.56. The van der Waals surface area contributed by atoms with E-state index in [0.717, 1.165) is 11.5 Å². The summed E-state index contributed by atoms with van der Waals surface area (Å²) in [6.45, 7) is 4.77. The van der Waals surface area contributed by atoms with Crippen LogP contribution in [0.15, 0.2) is 11.6 Å². The quantitative estimate of drug-likeness (QED) is 0.573. The number of nitrogens with one attached hydrogen (secondary N) is 1. The highest BCUT2D eigenvalue weighted by Gasteiger charge is 2.18. The van der Waals surface area contributed by atoms with Crippen molar-refractivity contribution in [2.75, 3.05) is 6.54 Å². The molecule has 0 aromatic carbocycles. The van der Waals surface area contributed by atoms with Crippen molar-refractivity contribution in [1.82, 2.24) is 5.32 Å². The zero-order valence-electron chi connectivity index (χ0n) is 11.0. The van der Waals surface area contributed by atoms with Crippen LogP contribution in [0.5, 0.6) is 0 Å². The molecule has 0 aliphatic heterocycles. The molecule has 0 aromatic heterocycles. The summed E-state index contributed by atoms with van der Waals surface area (Å²) in [6, 6.07) is 0.491. The molecule has 1 rings (SSSR count). The molecule has 0 amide bonds. The van der Waals surface area contributed by atoms with E-state index in [-0.39, 0.29) is 0 Å². The third-order valence-electron chi connectivity index (χ3n) is 3.68. The Morgan fingerprint density at radius 2 is 1.94 bits per heavy atom. The predicted octanol–water partition coefficient (Wildman–Crippen LogP) is 2.97. The van der Waals surface area contributed by atoms with Gasteiger partial charge in [-0.2, -0.15) is 0 Å². The molecule has 98 valence electrons. The molecule has 0 spiro atoms. The molecular weight excluding hydrogens is 214 g/mol. The smallest absolute Gasteiger partial charge is 0.328 e. The molecule has 17 heavy (non-hydrogen) atoms. The van der Waals surface area contributed by atoms with Gasteiger partial charge in [0.2, 0.25) is 0 Å². The van der Waals surface area contributed by atoms with Crippen molar-refractivity contribution < 1.29 is 9.90 Å². The van der Waals surface area contributed by atoms with Gasteiger partial charge in [0, 0.05) is 18.7 Å². The van der Waals surface area contributed by atoms with Gasteiger partial charge in [0.1, 0.15) is 0 Å². The van der Waals surface area contributed by atoms with Crippen LogP contribution < -0.4 is 5.32 Å². The van der Waals surface area contributed by atoms with Crippen LogP contribution in [-0.4, -0.2) is 23.7 Å². The SMILES string of the molecule is CC(=CC(=O)O)CN[C@H](C)C1CCCCCC1. The van der Waals surface area contributed by atoms with Gasteiger partial charge in [-0.25, -0.2) is 4.79 Å². The lowest BCUT2D eigenvalue weighted by molar-refractivity contribution is -0.131. The largest absolute Gasteiger partial charge is 0.478 e. The normalized spacial score (nSPS) is 20.9. The van der Waals surface area contributed by atoms with Crippen molar-refractivity contribution in [1.29, 1.82) is 0 Å². The maximum absolute atomic E-state index is 10.5. The number of carboxylic acids is 1. The third-order valence-corrected chi connectivity index (χ3v) is 3.68. The van der Waals surface area contributed by atoms with Crippen molar-refractivity contribution in [3.63, 3.8) is 0 Å². The summed E-state index contributed by atoms with van der Waals surface area (Å²) in [7, 11) is 0. The van der Waals surface area contributed by atoms with E-state index in [1.54, 1.807) is 0 Å². The lowest BCUT2D eigenvalue weighted by Gasteiger charge is -2.23. The number of carbonyl (C=O) groups is 1. The van der Waals surface area contributed by atoms with Gasteiger partial charge in [0.25, 0.3) is 0 Å². The summed E-state index contributed by atoms with van der Waals surface area (Å²) in [5.41, 5.74) is 0.887. The third kappa shape index (κ3) is 5.87. The van der Waals surface area contributed by atoms with Crippen LogP contribution in [-0.2, 0) is 4.79 Å². The monoisotopic (exact) mass is 239 g/mol. The minimum atomic E-state index is -0.855. The average Bonchev–Trinajstić information content (AvgIpc) is 2.53. The minimum Gasteiger partial charge on any atom is -0.478 e. The van der Waals surface area contributed by atoms with E-state index in [0.29, 0.717) is 12.6 Å². The number of aliphatic carboxylic acids is 1. The molecule has 0 bridgehead atoms. The Hall–Kier alpha value is -0.830. The van der Waals surface area contributed by atoms with Gasteiger partial charge in [-0.1, -0.05) is 31.3 Å². The van der Waals surface area contributed by atoms with Gasteiger partial charge < -0.3 is 10.4 Å². The lowest BCUT2D eigenvalue weighted by Crippen LogP contribution is -2.34. The van der Waals surface area contributed by atoms with Gasteiger partial charge in [-0.15, -0.1) is 0 Å². The fourth-order valence-corrected chi connectivity index (χ4v) is 2.56. The molecule has 3 nitrogen and oxygen atoms in total. The fraction of sp³-hybridized carbons (Fsp3) is 0.786. The van der Waals surface area contributed by atoms with Crippen molar-refractivity contribution in [2.45, 2.75) is 58.4 Å². The first kappa shape index (κ1) is 14.2. The second kappa shape index (κ2) is 7.49. The van der Waals surface area contributed by atoms with Crippen LogP contribution in [0.1, 0.15) is 52.4 Å².